The van der Waals surface area contributed by atoms with E-state index in [1.165, 1.54) is 12.3 Å². The highest BCUT2D eigenvalue weighted by Crippen LogP contribution is 2.25. The summed E-state index contributed by atoms with van der Waals surface area (Å²) in [6, 6.07) is 6.58. The lowest BCUT2D eigenvalue weighted by Crippen LogP contribution is -2.18. The van der Waals surface area contributed by atoms with Crippen molar-refractivity contribution < 1.29 is 4.79 Å². The Bertz CT molecular complexity index is 577. The van der Waals surface area contributed by atoms with E-state index in [-0.39, 0.29) is 5.57 Å². The number of carbonyl (C=O) groups is 1. The number of benzene rings is 1. The van der Waals surface area contributed by atoms with Gasteiger partial charge in [0, 0.05) is 17.8 Å². The van der Waals surface area contributed by atoms with Gasteiger partial charge in [-0.2, -0.15) is 5.26 Å². The third-order valence-electron chi connectivity index (χ3n) is 2.65. The van der Waals surface area contributed by atoms with Crippen LogP contribution in [0.2, 0.25) is 10.0 Å². The zero-order valence-electron chi connectivity index (χ0n) is 11.9. The zero-order chi connectivity index (χ0) is 15.8. The smallest absolute Gasteiger partial charge is 0.267 e. The van der Waals surface area contributed by atoms with Crippen LogP contribution in [0.1, 0.15) is 20.3 Å². The standard InChI is InChI=1S/C15H17Cl2N3O/c1-10(2)5-6-19-9-11(8-18)15(21)20-14-7-12(16)3-4-13(14)17/h3-4,7,9-10,19H,5-6H2,1-2H3,(H,20,21)/b11-9-. The molecule has 0 saturated carbocycles. The number of rotatable bonds is 6. The van der Waals surface area contributed by atoms with Gasteiger partial charge in [-0.1, -0.05) is 37.0 Å². The van der Waals surface area contributed by atoms with Gasteiger partial charge in [0.1, 0.15) is 11.6 Å². The van der Waals surface area contributed by atoms with E-state index in [0.29, 0.717) is 28.2 Å². The summed E-state index contributed by atoms with van der Waals surface area (Å²) in [5.41, 5.74) is 0.354. The molecular formula is C15H17Cl2N3O. The fraction of sp³-hybridized carbons (Fsp3) is 0.333. The molecule has 21 heavy (non-hydrogen) atoms. The minimum absolute atomic E-state index is 0.0187. The van der Waals surface area contributed by atoms with E-state index in [9.17, 15) is 4.79 Å². The number of nitriles is 1. The van der Waals surface area contributed by atoms with Gasteiger partial charge in [0.2, 0.25) is 0 Å². The SMILES string of the molecule is CC(C)CCN/C=C(/C#N)C(=O)Nc1cc(Cl)ccc1Cl. The molecule has 0 aliphatic rings. The van der Waals surface area contributed by atoms with Crippen LogP contribution >= 0.6 is 23.2 Å². The molecule has 1 rings (SSSR count). The minimum atomic E-state index is -0.529. The van der Waals surface area contributed by atoms with Crippen molar-refractivity contribution in [2.24, 2.45) is 5.92 Å². The largest absolute Gasteiger partial charge is 0.390 e. The summed E-state index contributed by atoms with van der Waals surface area (Å²) in [4.78, 5) is 12.0. The molecule has 0 unspecified atom stereocenters. The molecule has 112 valence electrons. The first-order valence-electron chi connectivity index (χ1n) is 6.54. The van der Waals surface area contributed by atoms with Crippen LogP contribution in [-0.4, -0.2) is 12.5 Å². The fourth-order valence-corrected chi connectivity index (χ4v) is 1.81. The van der Waals surface area contributed by atoms with Crippen LogP contribution in [0.4, 0.5) is 5.69 Å². The zero-order valence-corrected chi connectivity index (χ0v) is 13.4. The number of hydrogen-bond acceptors (Lipinski definition) is 3. The Kier molecular flexibility index (Phi) is 7.07. The van der Waals surface area contributed by atoms with Gasteiger partial charge in [0.05, 0.1) is 10.7 Å². The van der Waals surface area contributed by atoms with E-state index >= 15 is 0 Å². The van der Waals surface area contributed by atoms with Gasteiger partial charge in [0.25, 0.3) is 5.91 Å². The van der Waals surface area contributed by atoms with Gasteiger partial charge in [-0.25, -0.2) is 0 Å². The van der Waals surface area contributed by atoms with Crippen molar-refractivity contribution in [1.29, 1.82) is 5.26 Å². The second kappa shape index (κ2) is 8.56. The Morgan fingerprint density at radius 1 is 1.43 bits per heavy atom. The third-order valence-corrected chi connectivity index (χ3v) is 3.22. The number of carbonyl (C=O) groups excluding carboxylic acids is 1. The molecule has 2 N–H and O–H groups in total. The molecule has 0 aromatic heterocycles. The predicted octanol–water partition coefficient (Wildman–Crippen LogP) is 3.98. The molecule has 1 aromatic carbocycles. The first-order valence-corrected chi connectivity index (χ1v) is 7.29. The molecule has 0 radical (unpaired) electrons. The quantitative estimate of drug-likeness (QED) is 0.472. The van der Waals surface area contributed by atoms with Gasteiger partial charge >= 0.3 is 0 Å². The first kappa shape index (κ1) is 17.4. The number of hydrogen-bond donors (Lipinski definition) is 2. The van der Waals surface area contributed by atoms with E-state index in [1.807, 2.05) is 6.07 Å². The minimum Gasteiger partial charge on any atom is -0.390 e. The summed E-state index contributed by atoms with van der Waals surface area (Å²) < 4.78 is 0. The molecule has 4 nitrogen and oxygen atoms in total. The van der Waals surface area contributed by atoms with Crippen molar-refractivity contribution >= 4 is 34.8 Å². The highest BCUT2D eigenvalue weighted by atomic mass is 35.5. The van der Waals surface area contributed by atoms with Crippen molar-refractivity contribution in [1.82, 2.24) is 5.32 Å². The Morgan fingerprint density at radius 2 is 2.14 bits per heavy atom. The van der Waals surface area contributed by atoms with Crippen LogP contribution in [0.3, 0.4) is 0 Å². The van der Waals surface area contributed by atoms with Crippen LogP contribution in [0, 0.1) is 17.2 Å². The number of halogens is 2. The molecule has 1 aromatic rings. The maximum Gasteiger partial charge on any atom is 0.267 e. The van der Waals surface area contributed by atoms with Gasteiger partial charge < -0.3 is 10.6 Å². The third kappa shape index (κ3) is 6.07. The number of nitrogens with one attached hydrogen (secondary N) is 2. The Labute approximate surface area is 134 Å². The first-order chi connectivity index (χ1) is 9.93. The van der Waals surface area contributed by atoms with Crippen molar-refractivity contribution in [3.63, 3.8) is 0 Å². The summed E-state index contributed by atoms with van der Waals surface area (Å²) in [6.07, 6.45) is 2.37. The second-order valence-corrected chi connectivity index (χ2v) is 5.73. The molecule has 0 heterocycles. The van der Waals surface area contributed by atoms with E-state index < -0.39 is 5.91 Å². The lowest BCUT2D eigenvalue weighted by molar-refractivity contribution is -0.112. The maximum atomic E-state index is 12.0. The lowest BCUT2D eigenvalue weighted by Gasteiger charge is -2.08. The van der Waals surface area contributed by atoms with Crippen molar-refractivity contribution in [3.8, 4) is 6.07 Å². The molecule has 0 saturated heterocycles. The highest BCUT2D eigenvalue weighted by molar-refractivity contribution is 6.35. The second-order valence-electron chi connectivity index (χ2n) is 4.88. The molecule has 0 aliphatic carbocycles. The topological polar surface area (TPSA) is 64.9 Å². The van der Waals surface area contributed by atoms with Crippen LogP contribution in [-0.2, 0) is 4.79 Å². The van der Waals surface area contributed by atoms with Gasteiger partial charge in [-0.05, 0) is 30.5 Å². The molecule has 0 bridgehead atoms. The van der Waals surface area contributed by atoms with Crippen molar-refractivity contribution in [2.45, 2.75) is 20.3 Å². The highest BCUT2D eigenvalue weighted by Gasteiger charge is 2.11. The molecular weight excluding hydrogens is 309 g/mol. The van der Waals surface area contributed by atoms with Crippen LogP contribution in [0.5, 0.6) is 0 Å². The fourth-order valence-electron chi connectivity index (χ4n) is 1.48. The normalized spacial score (nSPS) is 11.1. The van der Waals surface area contributed by atoms with E-state index in [1.54, 1.807) is 12.1 Å². The Hall–Kier alpha value is -1.70. The lowest BCUT2D eigenvalue weighted by atomic mass is 10.1. The average Bonchev–Trinajstić information content (AvgIpc) is 2.42. The summed E-state index contributed by atoms with van der Waals surface area (Å²) in [5, 5.41) is 15.4. The Balaban J connectivity index is 2.69. The molecule has 0 fully saturated rings. The van der Waals surface area contributed by atoms with E-state index in [2.05, 4.69) is 24.5 Å². The van der Waals surface area contributed by atoms with Crippen LogP contribution < -0.4 is 10.6 Å². The number of anilines is 1. The molecule has 1 amide bonds. The van der Waals surface area contributed by atoms with Crippen LogP contribution in [0.15, 0.2) is 30.0 Å². The molecule has 0 spiro atoms. The maximum absolute atomic E-state index is 12.0. The van der Waals surface area contributed by atoms with E-state index in [4.69, 9.17) is 28.5 Å². The predicted molar refractivity (Wildman–Crippen MR) is 86.2 cm³/mol. The van der Waals surface area contributed by atoms with Crippen LogP contribution in [0.25, 0.3) is 0 Å². The summed E-state index contributed by atoms with van der Waals surface area (Å²) >= 11 is 11.8. The van der Waals surface area contributed by atoms with Gasteiger partial charge in [-0.15, -0.1) is 0 Å². The number of amides is 1. The average molecular weight is 326 g/mol. The summed E-state index contributed by atoms with van der Waals surface area (Å²) in [7, 11) is 0. The molecule has 0 atom stereocenters. The van der Waals surface area contributed by atoms with Gasteiger partial charge in [-0.3, -0.25) is 4.79 Å². The summed E-state index contributed by atoms with van der Waals surface area (Å²) in [6.45, 7) is 4.91. The monoisotopic (exact) mass is 325 g/mol. The Morgan fingerprint density at radius 3 is 2.76 bits per heavy atom. The van der Waals surface area contributed by atoms with Crippen molar-refractivity contribution in [2.75, 3.05) is 11.9 Å². The number of nitrogens with zero attached hydrogens (tertiary/aromatic N) is 1. The summed E-state index contributed by atoms with van der Waals surface area (Å²) in [5.74, 6) is 0.0224. The molecule has 0 aliphatic heterocycles. The van der Waals surface area contributed by atoms with Gasteiger partial charge in [0.15, 0.2) is 0 Å². The van der Waals surface area contributed by atoms with Crippen molar-refractivity contribution in [3.05, 3.63) is 40.0 Å². The molecule has 6 heteroatoms. The van der Waals surface area contributed by atoms with E-state index in [0.717, 1.165) is 6.42 Å².